The molecule has 3 rings (SSSR count). The van der Waals surface area contributed by atoms with Gasteiger partial charge in [0.15, 0.2) is 0 Å². The SMILES string of the molecule is CCN(Cc1ccccc1)C(=O)CN1C(=O)N[C@@](C)(c2ccc(C)cc2)C1=O. The van der Waals surface area contributed by atoms with Crippen LogP contribution in [-0.4, -0.2) is 40.7 Å². The van der Waals surface area contributed by atoms with Gasteiger partial charge >= 0.3 is 6.03 Å². The van der Waals surface area contributed by atoms with E-state index >= 15 is 0 Å². The normalized spacial score (nSPS) is 18.9. The smallest absolute Gasteiger partial charge is 0.325 e. The largest absolute Gasteiger partial charge is 0.337 e. The fourth-order valence-electron chi connectivity index (χ4n) is 3.34. The van der Waals surface area contributed by atoms with Crippen molar-refractivity contribution in [2.45, 2.75) is 32.9 Å². The topological polar surface area (TPSA) is 69.7 Å². The summed E-state index contributed by atoms with van der Waals surface area (Å²) < 4.78 is 0. The van der Waals surface area contributed by atoms with Gasteiger partial charge in [-0.05, 0) is 31.9 Å². The quantitative estimate of drug-likeness (QED) is 0.785. The van der Waals surface area contributed by atoms with Gasteiger partial charge in [-0.15, -0.1) is 0 Å². The van der Waals surface area contributed by atoms with Crippen molar-refractivity contribution in [3.05, 3.63) is 71.3 Å². The number of likely N-dealkylation sites (N-methyl/N-ethyl adjacent to an activating group) is 1. The van der Waals surface area contributed by atoms with Crippen LogP contribution in [0.25, 0.3) is 0 Å². The van der Waals surface area contributed by atoms with Crippen molar-refractivity contribution in [3.8, 4) is 0 Å². The number of hydrogen-bond acceptors (Lipinski definition) is 3. The molecule has 2 aromatic carbocycles. The van der Waals surface area contributed by atoms with Crippen molar-refractivity contribution in [1.82, 2.24) is 15.1 Å². The number of hydrogen-bond donors (Lipinski definition) is 1. The van der Waals surface area contributed by atoms with Gasteiger partial charge < -0.3 is 10.2 Å². The molecule has 6 heteroatoms. The Balaban J connectivity index is 1.74. The van der Waals surface area contributed by atoms with Crippen molar-refractivity contribution in [2.24, 2.45) is 0 Å². The molecule has 6 nitrogen and oxygen atoms in total. The minimum Gasteiger partial charge on any atom is -0.337 e. The van der Waals surface area contributed by atoms with Crippen LogP contribution in [-0.2, 0) is 21.7 Å². The molecule has 0 bridgehead atoms. The van der Waals surface area contributed by atoms with Crippen molar-refractivity contribution in [1.29, 1.82) is 0 Å². The number of amides is 4. The Kier molecular flexibility index (Phi) is 5.49. The van der Waals surface area contributed by atoms with Crippen molar-refractivity contribution in [3.63, 3.8) is 0 Å². The van der Waals surface area contributed by atoms with Gasteiger partial charge in [0.2, 0.25) is 5.91 Å². The monoisotopic (exact) mass is 379 g/mol. The Bertz CT molecular complexity index is 880. The lowest BCUT2D eigenvalue weighted by Crippen LogP contribution is -2.44. The summed E-state index contributed by atoms with van der Waals surface area (Å²) in [7, 11) is 0. The summed E-state index contributed by atoms with van der Waals surface area (Å²) in [5, 5.41) is 2.74. The molecular formula is C22H25N3O3. The highest BCUT2D eigenvalue weighted by Gasteiger charge is 2.49. The average molecular weight is 379 g/mol. The number of urea groups is 1. The summed E-state index contributed by atoms with van der Waals surface area (Å²) in [6.45, 7) is 6.17. The van der Waals surface area contributed by atoms with Crippen LogP contribution in [0, 0.1) is 6.92 Å². The van der Waals surface area contributed by atoms with Crippen LogP contribution in [0.5, 0.6) is 0 Å². The Hall–Kier alpha value is -3.15. The van der Waals surface area contributed by atoms with E-state index < -0.39 is 17.5 Å². The maximum absolute atomic E-state index is 13.0. The fraction of sp³-hybridized carbons (Fsp3) is 0.318. The molecule has 0 aliphatic carbocycles. The van der Waals surface area contributed by atoms with Crippen LogP contribution in [0.15, 0.2) is 54.6 Å². The van der Waals surface area contributed by atoms with Gasteiger partial charge in [0.1, 0.15) is 12.1 Å². The molecule has 0 saturated carbocycles. The van der Waals surface area contributed by atoms with E-state index in [0.717, 1.165) is 16.0 Å². The summed E-state index contributed by atoms with van der Waals surface area (Å²) in [5.74, 6) is -0.673. The van der Waals surface area contributed by atoms with E-state index in [1.54, 1.807) is 11.8 Å². The summed E-state index contributed by atoms with van der Waals surface area (Å²) in [6.07, 6.45) is 0. The molecule has 1 heterocycles. The number of nitrogens with one attached hydrogen (secondary N) is 1. The highest BCUT2D eigenvalue weighted by atomic mass is 16.2. The lowest BCUT2D eigenvalue weighted by atomic mass is 9.91. The van der Waals surface area contributed by atoms with E-state index in [1.807, 2.05) is 68.4 Å². The zero-order valence-electron chi connectivity index (χ0n) is 16.4. The second kappa shape index (κ2) is 7.84. The molecule has 4 amide bonds. The van der Waals surface area contributed by atoms with Gasteiger partial charge in [0, 0.05) is 13.1 Å². The van der Waals surface area contributed by atoms with Gasteiger partial charge in [0.05, 0.1) is 0 Å². The number of aryl methyl sites for hydroxylation is 1. The first-order chi connectivity index (χ1) is 13.3. The van der Waals surface area contributed by atoms with Crippen molar-refractivity contribution >= 4 is 17.8 Å². The van der Waals surface area contributed by atoms with Crippen LogP contribution in [0.3, 0.4) is 0 Å². The second-order valence-electron chi connectivity index (χ2n) is 7.21. The minimum absolute atomic E-state index is 0.261. The van der Waals surface area contributed by atoms with E-state index in [2.05, 4.69) is 5.32 Å². The van der Waals surface area contributed by atoms with E-state index in [0.29, 0.717) is 18.7 Å². The molecule has 28 heavy (non-hydrogen) atoms. The molecule has 1 fully saturated rings. The number of carbonyl (C=O) groups excluding carboxylic acids is 3. The minimum atomic E-state index is -1.17. The number of nitrogens with zero attached hydrogens (tertiary/aromatic N) is 2. The van der Waals surface area contributed by atoms with E-state index in [9.17, 15) is 14.4 Å². The number of benzene rings is 2. The number of rotatable bonds is 6. The van der Waals surface area contributed by atoms with Gasteiger partial charge in [0.25, 0.3) is 5.91 Å². The third-order valence-corrected chi connectivity index (χ3v) is 5.15. The lowest BCUT2D eigenvalue weighted by Gasteiger charge is -2.25. The zero-order valence-corrected chi connectivity index (χ0v) is 16.4. The maximum atomic E-state index is 13.0. The standard InChI is InChI=1S/C22H25N3O3/c1-4-24(14-17-8-6-5-7-9-17)19(26)15-25-20(27)22(3,23-21(25)28)18-12-10-16(2)11-13-18/h5-13H,4,14-15H2,1-3H3,(H,23,28)/t22-/m0/s1. The van der Waals surface area contributed by atoms with E-state index in [-0.39, 0.29) is 12.5 Å². The molecule has 0 unspecified atom stereocenters. The molecule has 1 saturated heterocycles. The summed E-state index contributed by atoms with van der Waals surface area (Å²) in [4.78, 5) is 40.9. The molecule has 1 atom stereocenters. The first kappa shape index (κ1) is 19.6. The van der Waals surface area contributed by atoms with Gasteiger partial charge in [-0.3, -0.25) is 14.5 Å². The Morgan fingerprint density at radius 1 is 1.07 bits per heavy atom. The van der Waals surface area contributed by atoms with Gasteiger partial charge in [-0.25, -0.2) is 4.79 Å². The molecule has 0 radical (unpaired) electrons. The third kappa shape index (κ3) is 3.76. The van der Waals surface area contributed by atoms with E-state index in [4.69, 9.17) is 0 Å². The fourth-order valence-corrected chi connectivity index (χ4v) is 3.34. The molecule has 0 spiro atoms. The summed E-state index contributed by atoms with van der Waals surface area (Å²) >= 11 is 0. The van der Waals surface area contributed by atoms with Crippen LogP contribution >= 0.6 is 0 Å². The highest BCUT2D eigenvalue weighted by Crippen LogP contribution is 2.29. The Labute approximate surface area is 165 Å². The maximum Gasteiger partial charge on any atom is 0.325 e. The predicted octanol–water partition coefficient (Wildman–Crippen LogP) is 2.81. The Morgan fingerprint density at radius 2 is 1.71 bits per heavy atom. The van der Waals surface area contributed by atoms with Gasteiger partial charge in [-0.1, -0.05) is 60.2 Å². The Morgan fingerprint density at radius 3 is 2.32 bits per heavy atom. The molecule has 1 N–H and O–H groups in total. The van der Waals surface area contributed by atoms with Crippen LogP contribution in [0.4, 0.5) is 4.79 Å². The van der Waals surface area contributed by atoms with E-state index in [1.165, 1.54) is 0 Å². The van der Waals surface area contributed by atoms with Gasteiger partial charge in [-0.2, -0.15) is 0 Å². The average Bonchev–Trinajstić information content (AvgIpc) is 2.91. The number of carbonyl (C=O) groups is 3. The highest BCUT2D eigenvalue weighted by molar-refractivity contribution is 6.09. The zero-order chi connectivity index (χ0) is 20.3. The molecule has 1 aliphatic rings. The molecule has 2 aromatic rings. The molecule has 146 valence electrons. The number of imide groups is 1. The second-order valence-corrected chi connectivity index (χ2v) is 7.21. The first-order valence-electron chi connectivity index (χ1n) is 9.38. The predicted molar refractivity (Wildman–Crippen MR) is 106 cm³/mol. The van der Waals surface area contributed by atoms with Crippen LogP contribution < -0.4 is 5.32 Å². The lowest BCUT2D eigenvalue weighted by molar-refractivity contribution is -0.139. The first-order valence-corrected chi connectivity index (χ1v) is 9.38. The van der Waals surface area contributed by atoms with Crippen molar-refractivity contribution < 1.29 is 14.4 Å². The molecule has 0 aromatic heterocycles. The van der Waals surface area contributed by atoms with Crippen LogP contribution in [0.2, 0.25) is 0 Å². The summed E-state index contributed by atoms with van der Waals surface area (Å²) in [6, 6.07) is 16.5. The van der Waals surface area contributed by atoms with Crippen LogP contribution in [0.1, 0.15) is 30.5 Å². The molecule has 1 aliphatic heterocycles. The molecular weight excluding hydrogens is 354 g/mol. The third-order valence-electron chi connectivity index (χ3n) is 5.15. The summed E-state index contributed by atoms with van der Waals surface area (Å²) in [5.41, 5.74) is 1.60. The van der Waals surface area contributed by atoms with Crippen molar-refractivity contribution in [2.75, 3.05) is 13.1 Å².